The number of rotatable bonds is 0. The van der Waals surface area contributed by atoms with E-state index in [0.29, 0.717) is 6.92 Å². The molecule has 0 atom stereocenters. The van der Waals surface area contributed by atoms with E-state index in [9.17, 15) is 22.8 Å². The minimum Gasteiger partial charge on any atom is -0.298 e. The quantitative estimate of drug-likeness (QED) is 0.529. The Hall–Kier alpha value is -0.870. The van der Waals surface area contributed by atoms with Crippen molar-refractivity contribution < 1.29 is 22.8 Å². The molecule has 2 nitrogen and oxygen atoms in total. The Bertz CT molecular complexity index is 226. The molecule has 0 aromatic carbocycles. The third-order valence-corrected chi connectivity index (χ3v) is 2.26. The second-order valence-corrected chi connectivity index (χ2v) is 2.97. The lowest BCUT2D eigenvalue weighted by Gasteiger charge is -2.23. The van der Waals surface area contributed by atoms with Crippen molar-refractivity contribution in [1.82, 2.24) is 0 Å². The minimum absolute atomic E-state index is 0.283. The number of carbonyl (C=O) groups excluding carboxylic acids is 2. The van der Waals surface area contributed by atoms with Gasteiger partial charge in [0.2, 0.25) is 0 Å². The number of alkyl halides is 3. The molecule has 12 heavy (non-hydrogen) atoms. The van der Waals surface area contributed by atoms with Gasteiger partial charge in [0, 0.05) is 12.8 Å². The van der Waals surface area contributed by atoms with E-state index in [1.54, 1.807) is 0 Å². The van der Waals surface area contributed by atoms with Crippen LogP contribution in [0.25, 0.3) is 0 Å². The first-order valence-corrected chi connectivity index (χ1v) is 3.43. The first-order chi connectivity index (χ1) is 5.30. The molecule has 1 rings (SSSR count). The second-order valence-electron chi connectivity index (χ2n) is 2.97. The standard InChI is InChI=1S/C7H7F3O2/c1-6(7(8,9)10)4(11)2-3-5(6)12/h2-3H2,1H3. The summed E-state index contributed by atoms with van der Waals surface area (Å²) in [6.07, 6.45) is -5.30. The molecule has 0 saturated heterocycles. The highest BCUT2D eigenvalue weighted by Crippen LogP contribution is 2.45. The summed E-state index contributed by atoms with van der Waals surface area (Å²) in [7, 11) is 0. The van der Waals surface area contributed by atoms with Crippen LogP contribution in [0.15, 0.2) is 0 Å². The van der Waals surface area contributed by atoms with Crippen molar-refractivity contribution in [1.29, 1.82) is 0 Å². The summed E-state index contributed by atoms with van der Waals surface area (Å²) in [5, 5.41) is 0. The molecule has 1 aliphatic carbocycles. The Labute approximate surface area is 66.7 Å². The van der Waals surface area contributed by atoms with Crippen LogP contribution >= 0.6 is 0 Å². The zero-order valence-corrected chi connectivity index (χ0v) is 6.36. The Kier molecular flexibility index (Phi) is 1.77. The first kappa shape index (κ1) is 9.22. The molecule has 1 fully saturated rings. The molecule has 0 N–H and O–H groups in total. The van der Waals surface area contributed by atoms with Crippen molar-refractivity contribution >= 4 is 11.6 Å². The van der Waals surface area contributed by atoms with Gasteiger partial charge in [-0.1, -0.05) is 0 Å². The molecule has 0 spiro atoms. The fourth-order valence-electron chi connectivity index (χ4n) is 1.20. The molecule has 1 aliphatic rings. The van der Waals surface area contributed by atoms with Crippen LogP contribution in [0.1, 0.15) is 19.8 Å². The predicted molar refractivity (Wildman–Crippen MR) is 33.4 cm³/mol. The van der Waals surface area contributed by atoms with E-state index in [2.05, 4.69) is 0 Å². The smallest absolute Gasteiger partial charge is 0.298 e. The summed E-state index contributed by atoms with van der Waals surface area (Å²) >= 11 is 0. The van der Waals surface area contributed by atoms with Gasteiger partial charge in [-0.3, -0.25) is 9.59 Å². The number of ketones is 2. The van der Waals surface area contributed by atoms with Gasteiger partial charge in [-0.25, -0.2) is 0 Å². The van der Waals surface area contributed by atoms with Gasteiger partial charge < -0.3 is 0 Å². The second kappa shape index (κ2) is 2.31. The number of hydrogen-bond acceptors (Lipinski definition) is 2. The van der Waals surface area contributed by atoms with E-state index < -0.39 is 23.2 Å². The molecule has 0 aromatic rings. The molecule has 5 heteroatoms. The SMILES string of the molecule is CC1(C(F)(F)F)C(=O)CCC1=O. The van der Waals surface area contributed by atoms with Gasteiger partial charge >= 0.3 is 6.18 Å². The summed E-state index contributed by atoms with van der Waals surface area (Å²) in [5.74, 6) is -2.03. The van der Waals surface area contributed by atoms with Crippen molar-refractivity contribution in [3.8, 4) is 0 Å². The van der Waals surface area contributed by atoms with Gasteiger partial charge in [-0.2, -0.15) is 13.2 Å². The van der Waals surface area contributed by atoms with Crippen molar-refractivity contribution in [2.75, 3.05) is 0 Å². The predicted octanol–water partition coefficient (Wildman–Crippen LogP) is 1.49. The Morgan fingerprint density at radius 2 is 1.50 bits per heavy atom. The van der Waals surface area contributed by atoms with Gasteiger partial charge in [0.15, 0.2) is 17.0 Å². The summed E-state index contributed by atoms with van der Waals surface area (Å²) < 4.78 is 36.6. The lowest BCUT2D eigenvalue weighted by Crippen LogP contribution is -2.44. The zero-order chi connectivity index (χ0) is 9.57. The summed E-state index contributed by atoms with van der Waals surface area (Å²) in [6.45, 7) is 0.657. The molecule has 0 radical (unpaired) electrons. The summed E-state index contributed by atoms with van der Waals surface area (Å²) in [4.78, 5) is 21.6. The first-order valence-electron chi connectivity index (χ1n) is 3.43. The summed E-state index contributed by atoms with van der Waals surface area (Å²) in [6, 6.07) is 0. The van der Waals surface area contributed by atoms with Crippen LogP contribution in [0.3, 0.4) is 0 Å². The number of halogens is 3. The van der Waals surface area contributed by atoms with Gasteiger partial charge in [0.05, 0.1) is 0 Å². The third-order valence-electron chi connectivity index (χ3n) is 2.26. The molecule has 0 aliphatic heterocycles. The highest BCUT2D eigenvalue weighted by Gasteiger charge is 2.63. The molecule has 1 saturated carbocycles. The fourth-order valence-corrected chi connectivity index (χ4v) is 1.20. The maximum atomic E-state index is 12.2. The topological polar surface area (TPSA) is 34.1 Å². The van der Waals surface area contributed by atoms with Crippen molar-refractivity contribution in [3.05, 3.63) is 0 Å². The van der Waals surface area contributed by atoms with E-state index in [1.165, 1.54) is 0 Å². The molecule has 68 valence electrons. The highest BCUT2D eigenvalue weighted by atomic mass is 19.4. The van der Waals surface area contributed by atoms with E-state index in [0.717, 1.165) is 0 Å². The van der Waals surface area contributed by atoms with Crippen LogP contribution in [-0.2, 0) is 9.59 Å². The van der Waals surface area contributed by atoms with Crippen LogP contribution in [0.2, 0.25) is 0 Å². The van der Waals surface area contributed by atoms with Crippen LogP contribution in [-0.4, -0.2) is 17.7 Å². The van der Waals surface area contributed by atoms with Crippen molar-refractivity contribution in [3.63, 3.8) is 0 Å². The zero-order valence-electron chi connectivity index (χ0n) is 6.36. The third kappa shape index (κ3) is 0.956. The average molecular weight is 180 g/mol. The lowest BCUT2D eigenvalue weighted by molar-refractivity contribution is -0.208. The minimum atomic E-state index is -4.74. The van der Waals surface area contributed by atoms with Crippen molar-refractivity contribution in [2.45, 2.75) is 25.9 Å². The molecule has 0 unspecified atom stereocenters. The Morgan fingerprint density at radius 3 is 1.67 bits per heavy atom. The normalized spacial score (nSPS) is 23.3. The molecule has 0 heterocycles. The average Bonchev–Trinajstić information content (AvgIpc) is 2.16. The van der Waals surface area contributed by atoms with Crippen LogP contribution < -0.4 is 0 Å². The van der Waals surface area contributed by atoms with Gasteiger partial charge in [0.1, 0.15) is 0 Å². The van der Waals surface area contributed by atoms with Crippen LogP contribution in [0, 0.1) is 5.41 Å². The maximum absolute atomic E-state index is 12.2. The largest absolute Gasteiger partial charge is 0.407 e. The highest BCUT2D eigenvalue weighted by molar-refractivity contribution is 6.13. The summed E-state index contributed by atoms with van der Waals surface area (Å²) in [5.41, 5.74) is -2.73. The van der Waals surface area contributed by atoms with Crippen LogP contribution in [0.4, 0.5) is 13.2 Å². The van der Waals surface area contributed by atoms with Gasteiger partial charge in [-0.15, -0.1) is 0 Å². The molecular weight excluding hydrogens is 173 g/mol. The molecule has 0 bridgehead atoms. The number of Topliss-reactive ketones (excluding diaryl/α,β-unsaturated/α-hetero) is 2. The monoisotopic (exact) mass is 180 g/mol. The fraction of sp³-hybridized carbons (Fsp3) is 0.714. The maximum Gasteiger partial charge on any atom is 0.407 e. The van der Waals surface area contributed by atoms with E-state index in [-0.39, 0.29) is 12.8 Å². The Balaban J connectivity index is 3.11. The van der Waals surface area contributed by atoms with Gasteiger partial charge in [0.25, 0.3) is 0 Å². The molecule has 0 amide bonds. The van der Waals surface area contributed by atoms with E-state index in [1.807, 2.05) is 0 Å². The molecular formula is C7H7F3O2. The van der Waals surface area contributed by atoms with E-state index in [4.69, 9.17) is 0 Å². The lowest BCUT2D eigenvalue weighted by atomic mass is 9.86. The van der Waals surface area contributed by atoms with E-state index >= 15 is 0 Å². The van der Waals surface area contributed by atoms with Crippen LogP contribution in [0.5, 0.6) is 0 Å². The van der Waals surface area contributed by atoms with Gasteiger partial charge in [-0.05, 0) is 6.92 Å². The molecule has 0 aromatic heterocycles. The Morgan fingerprint density at radius 1 is 1.17 bits per heavy atom. The number of hydrogen-bond donors (Lipinski definition) is 0. The number of carbonyl (C=O) groups is 2. The van der Waals surface area contributed by atoms with Crippen molar-refractivity contribution in [2.24, 2.45) is 5.41 Å².